The first-order chi connectivity index (χ1) is 13.8. The molecule has 0 radical (unpaired) electrons. The number of hydrogen-bond donors (Lipinski definition) is 0. The third kappa shape index (κ3) is 4.80. The van der Waals surface area contributed by atoms with Gasteiger partial charge >= 0.3 is 12.1 Å². The van der Waals surface area contributed by atoms with Crippen molar-refractivity contribution in [3.8, 4) is 11.5 Å². The van der Waals surface area contributed by atoms with Crippen LogP contribution >= 0.6 is 0 Å². The molecular formula is C19H22F3N3O4. The standard InChI is InChI=1S/C19H22F3N3O4/c1-3-27-14-8-7-12(10-15(14)28-4-2)17(26)25-9-5-6-13(11-25)16-23-24-18(29-16)19(20,21)22/h7-8,10,13H,3-6,9,11H2,1-2H3. The summed E-state index contributed by atoms with van der Waals surface area (Å²) in [7, 11) is 0. The molecule has 1 aliphatic heterocycles. The van der Waals surface area contributed by atoms with E-state index in [1.807, 2.05) is 13.8 Å². The first kappa shape index (κ1) is 20.9. The second kappa shape index (κ2) is 8.71. The summed E-state index contributed by atoms with van der Waals surface area (Å²) in [6.07, 6.45) is -3.50. The fourth-order valence-electron chi connectivity index (χ4n) is 3.24. The Morgan fingerprint density at radius 3 is 2.59 bits per heavy atom. The maximum absolute atomic E-state index is 12.9. The molecule has 0 bridgehead atoms. The van der Waals surface area contributed by atoms with E-state index in [-0.39, 0.29) is 18.3 Å². The number of likely N-dealkylation sites (tertiary alicyclic amines) is 1. The van der Waals surface area contributed by atoms with E-state index in [1.54, 1.807) is 23.1 Å². The number of hydrogen-bond acceptors (Lipinski definition) is 6. The molecule has 1 aliphatic rings. The molecule has 0 saturated carbocycles. The lowest BCUT2D eigenvalue weighted by Gasteiger charge is -2.31. The number of ether oxygens (including phenoxy) is 2. The lowest BCUT2D eigenvalue weighted by atomic mass is 9.97. The minimum atomic E-state index is -4.69. The number of benzene rings is 1. The zero-order valence-corrected chi connectivity index (χ0v) is 16.2. The smallest absolute Gasteiger partial charge is 0.470 e. The molecule has 1 saturated heterocycles. The van der Waals surface area contributed by atoms with Gasteiger partial charge < -0.3 is 18.8 Å². The van der Waals surface area contributed by atoms with Crippen molar-refractivity contribution in [1.82, 2.24) is 15.1 Å². The Kier molecular flexibility index (Phi) is 6.29. The Morgan fingerprint density at radius 2 is 1.93 bits per heavy atom. The van der Waals surface area contributed by atoms with E-state index >= 15 is 0 Å². The third-order valence-electron chi connectivity index (χ3n) is 4.53. The molecule has 1 aromatic carbocycles. The SMILES string of the molecule is CCOc1ccc(C(=O)N2CCCC(c3nnc(C(F)(F)F)o3)C2)cc1OCC. The van der Waals surface area contributed by atoms with Crippen molar-refractivity contribution in [2.24, 2.45) is 0 Å². The van der Waals surface area contributed by atoms with Gasteiger partial charge in [0.1, 0.15) is 0 Å². The molecule has 2 heterocycles. The van der Waals surface area contributed by atoms with Gasteiger partial charge in [0, 0.05) is 18.7 Å². The zero-order valence-electron chi connectivity index (χ0n) is 16.2. The number of piperidine rings is 1. The average molecular weight is 413 g/mol. The van der Waals surface area contributed by atoms with Crippen LogP contribution in [0.25, 0.3) is 0 Å². The van der Waals surface area contributed by atoms with Crippen LogP contribution in [0.1, 0.15) is 54.7 Å². The summed E-state index contributed by atoms with van der Waals surface area (Å²) in [5.74, 6) is -1.13. The van der Waals surface area contributed by atoms with Gasteiger partial charge in [0.2, 0.25) is 5.89 Å². The van der Waals surface area contributed by atoms with Crippen LogP contribution in [0.2, 0.25) is 0 Å². The summed E-state index contributed by atoms with van der Waals surface area (Å²) in [6.45, 7) is 5.26. The van der Waals surface area contributed by atoms with E-state index in [2.05, 4.69) is 10.2 Å². The minimum Gasteiger partial charge on any atom is -0.490 e. The van der Waals surface area contributed by atoms with Gasteiger partial charge in [-0.25, -0.2) is 0 Å². The molecule has 7 nitrogen and oxygen atoms in total. The van der Waals surface area contributed by atoms with Crippen molar-refractivity contribution in [3.63, 3.8) is 0 Å². The van der Waals surface area contributed by atoms with Crippen LogP contribution in [0.3, 0.4) is 0 Å². The molecule has 0 N–H and O–H groups in total. The number of alkyl halides is 3. The summed E-state index contributed by atoms with van der Waals surface area (Å²) in [6, 6.07) is 4.94. The van der Waals surface area contributed by atoms with Crippen LogP contribution < -0.4 is 9.47 Å². The average Bonchev–Trinajstić information content (AvgIpc) is 3.20. The Morgan fingerprint density at radius 1 is 1.21 bits per heavy atom. The predicted octanol–water partition coefficient (Wildman–Crippen LogP) is 3.91. The van der Waals surface area contributed by atoms with Gasteiger partial charge in [-0.15, -0.1) is 10.2 Å². The normalized spacial score (nSPS) is 17.3. The molecule has 10 heteroatoms. The largest absolute Gasteiger partial charge is 0.490 e. The number of carbonyl (C=O) groups is 1. The predicted molar refractivity (Wildman–Crippen MR) is 96.0 cm³/mol. The van der Waals surface area contributed by atoms with Gasteiger partial charge in [0.25, 0.3) is 5.91 Å². The van der Waals surface area contributed by atoms with Crippen LogP contribution in [0.4, 0.5) is 13.2 Å². The van der Waals surface area contributed by atoms with Crippen molar-refractivity contribution in [2.45, 2.75) is 38.8 Å². The van der Waals surface area contributed by atoms with Crippen molar-refractivity contribution in [2.75, 3.05) is 26.3 Å². The zero-order chi connectivity index (χ0) is 21.0. The van der Waals surface area contributed by atoms with E-state index in [4.69, 9.17) is 13.9 Å². The first-order valence-electron chi connectivity index (χ1n) is 9.43. The number of nitrogens with zero attached hydrogens (tertiary/aromatic N) is 3. The summed E-state index contributed by atoms with van der Waals surface area (Å²) < 4.78 is 54.0. The molecule has 29 heavy (non-hydrogen) atoms. The van der Waals surface area contributed by atoms with Gasteiger partial charge in [-0.1, -0.05) is 0 Å². The Labute approximate surface area is 165 Å². The molecule has 1 atom stereocenters. The summed E-state index contributed by atoms with van der Waals surface area (Å²) in [5.41, 5.74) is 0.416. The Hall–Kier alpha value is -2.78. The van der Waals surface area contributed by atoms with E-state index in [9.17, 15) is 18.0 Å². The minimum absolute atomic E-state index is 0.100. The molecule has 158 valence electrons. The topological polar surface area (TPSA) is 77.7 Å². The molecule has 0 spiro atoms. The molecule has 1 aromatic heterocycles. The monoisotopic (exact) mass is 413 g/mol. The second-order valence-electron chi connectivity index (χ2n) is 6.56. The molecule has 1 amide bonds. The van der Waals surface area contributed by atoms with Crippen LogP contribution in [0.5, 0.6) is 11.5 Å². The lowest BCUT2D eigenvalue weighted by molar-refractivity contribution is -0.157. The lowest BCUT2D eigenvalue weighted by Crippen LogP contribution is -2.39. The van der Waals surface area contributed by atoms with Gasteiger partial charge in [0.15, 0.2) is 11.5 Å². The van der Waals surface area contributed by atoms with Crippen molar-refractivity contribution < 1.29 is 31.9 Å². The maximum Gasteiger partial charge on any atom is 0.470 e. The number of halogens is 3. The summed E-state index contributed by atoms with van der Waals surface area (Å²) >= 11 is 0. The van der Waals surface area contributed by atoms with Gasteiger partial charge in [-0.3, -0.25) is 4.79 Å². The highest BCUT2D eigenvalue weighted by molar-refractivity contribution is 5.95. The van der Waals surface area contributed by atoms with Crippen molar-refractivity contribution >= 4 is 5.91 Å². The van der Waals surface area contributed by atoms with E-state index in [1.165, 1.54) is 0 Å². The van der Waals surface area contributed by atoms with Crippen LogP contribution in [-0.2, 0) is 6.18 Å². The van der Waals surface area contributed by atoms with Crippen LogP contribution in [-0.4, -0.2) is 47.3 Å². The van der Waals surface area contributed by atoms with Crippen molar-refractivity contribution in [3.05, 3.63) is 35.5 Å². The first-order valence-corrected chi connectivity index (χ1v) is 9.43. The molecule has 0 aliphatic carbocycles. The highest BCUT2D eigenvalue weighted by atomic mass is 19.4. The maximum atomic E-state index is 12.9. The van der Waals surface area contributed by atoms with E-state index in [0.29, 0.717) is 49.7 Å². The van der Waals surface area contributed by atoms with Gasteiger partial charge in [-0.2, -0.15) is 13.2 Å². The van der Waals surface area contributed by atoms with Crippen LogP contribution in [0.15, 0.2) is 22.6 Å². The molecular weight excluding hydrogens is 391 g/mol. The van der Waals surface area contributed by atoms with E-state index < -0.39 is 18.0 Å². The third-order valence-corrected chi connectivity index (χ3v) is 4.53. The molecule has 3 rings (SSSR count). The fraction of sp³-hybridized carbons (Fsp3) is 0.526. The number of aromatic nitrogens is 2. The second-order valence-corrected chi connectivity index (χ2v) is 6.56. The van der Waals surface area contributed by atoms with Gasteiger partial charge in [0.05, 0.1) is 19.1 Å². The van der Waals surface area contributed by atoms with Gasteiger partial charge in [-0.05, 0) is 44.9 Å². The fourth-order valence-corrected chi connectivity index (χ4v) is 3.24. The Balaban J connectivity index is 1.75. The van der Waals surface area contributed by atoms with Crippen LogP contribution in [0, 0.1) is 0 Å². The molecule has 2 aromatic rings. The number of amides is 1. The molecule has 1 fully saturated rings. The highest BCUT2D eigenvalue weighted by Gasteiger charge is 2.39. The summed E-state index contributed by atoms with van der Waals surface area (Å²) in [4.78, 5) is 14.5. The number of rotatable bonds is 6. The quantitative estimate of drug-likeness (QED) is 0.715. The van der Waals surface area contributed by atoms with E-state index in [0.717, 1.165) is 0 Å². The Bertz CT molecular complexity index is 853. The van der Waals surface area contributed by atoms with Crippen molar-refractivity contribution in [1.29, 1.82) is 0 Å². The summed E-state index contributed by atoms with van der Waals surface area (Å²) in [5, 5.41) is 6.61. The molecule has 1 unspecified atom stereocenters. The highest BCUT2D eigenvalue weighted by Crippen LogP contribution is 2.33. The number of carbonyl (C=O) groups excluding carboxylic acids is 1.